The van der Waals surface area contributed by atoms with Gasteiger partial charge in [0.15, 0.2) is 0 Å². The summed E-state index contributed by atoms with van der Waals surface area (Å²) in [5.74, 6) is -1.48. The predicted molar refractivity (Wildman–Crippen MR) is 60.6 cm³/mol. The normalized spacial score (nSPS) is 11.7. The van der Waals surface area contributed by atoms with E-state index in [4.69, 9.17) is 0 Å². The van der Waals surface area contributed by atoms with Crippen molar-refractivity contribution in [2.45, 2.75) is 19.2 Å². The number of carbonyl (C=O) groups is 1. The lowest BCUT2D eigenvalue weighted by atomic mass is 10.0. The molecule has 0 aliphatic heterocycles. The average Bonchev–Trinajstić information content (AvgIpc) is 2.26. The molecule has 0 spiro atoms. The predicted octanol–water partition coefficient (Wildman–Crippen LogP) is 3.81. The Kier molecular flexibility index (Phi) is 5.28. The molecule has 0 bridgehead atoms. The van der Waals surface area contributed by atoms with Gasteiger partial charge in [0, 0.05) is 6.42 Å². The molecule has 1 aromatic carbocycles. The van der Waals surface area contributed by atoms with Crippen LogP contribution in [0.4, 0.5) is 22.0 Å². The van der Waals surface area contributed by atoms with E-state index in [1.54, 1.807) is 0 Å². The average molecular weight is 347 g/mol. The lowest BCUT2D eigenvalue weighted by molar-refractivity contribution is -0.142. The minimum Gasteiger partial charge on any atom is -0.434 e. The highest BCUT2D eigenvalue weighted by atomic mass is 79.9. The van der Waals surface area contributed by atoms with Gasteiger partial charge in [0.2, 0.25) is 0 Å². The highest BCUT2D eigenvalue weighted by Crippen LogP contribution is 2.39. The van der Waals surface area contributed by atoms with Crippen molar-refractivity contribution in [1.29, 1.82) is 0 Å². The Labute approximate surface area is 113 Å². The SMILES string of the molecule is O=C(CBr)Cc1cccc(OC(F)F)c1C(F)(F)F. The Morgan fingerprint density at radius 1 is 1.32 bits per heavy atom. The summed E-state index contributed by atoms with van der Waals surface area (Å²) in [4.78, 5) is 11.2. The third-order valence-electron chi connectivity index (χ3n) is 2.15. The molecule has 19 heavy (non-hydrogen) atoms. The number of ketones is 1. The second-order valence-corrected chi connectivity index (χ2v) is 4.08. The van der Waals surface area contributed by atoms with Gasteiger partial charge in [-0.3, -0.25) is 4.79 Å². The van der Waals surface area contributed by atoms with Gasteiger partial charge in [-0.05, 0) is 11.6 Å². The maximum Gasteiger partial charge on any atom is 0.420 e. The summed E-state index contributed by atoms with van der Waals surface area (Å²) in [5.41, 5.74) is -1.74. The first-order valence-electron chi connectivity index (χ1n) is 4.97. The van der Waals surface area contributed by atoms with Gasteiger partial charge in [0.1, 0.15) is 17.1 Å². The van der Waals surface area contributed by atoms with Crippen LogP contribution in [0.5, 0.6) is 5.75 Å². The zero-order valence-corrected chi connectivity index (χ0v) is 10.9. The Balaban J connectivity index is 3.26. The molecule has 0 fully saturated rings. The van der Waals surface area contributed by atoms with E-state index >= 15 is 0 Å². The van der Waals surface area contributed by atoms with Crippen LogP contribution in [0.25, 0.3) is 0 Å². The van der Waals surface area contributed by atoms with E-state index in [0.29, 0.717) is 0 Å². The zero-order valence-electron chi connectivity index (χ0n) is 9.31. The molecule has 0 radical (unpaired) electrons. The molecular formula is C11H8BrF5O2. The van der Waals surface area contributed by atoms with Crippen molar-refractivity contribution < 1.29 is 31.5 Å². The molecular weight excluding hydrogens is 339 g/mol. The number of hydrogen-bond donors (Lipinski definition) is 0. The number of carbonyl (C=O) groups excluding carboxylic acids is 1. The topological polar surface area (TPSA) is 26.3 Å². The van der Waals surface area contributed by atoms with Gasteiger partial charge in [-0.15, -0.1) is 0 Å². The van der Waals surface area contributed by atoms with Crippen molar-refractivity contribution in [2.75, 3.05) is 5.33 Å². The largest absolute Gasteiger partial charge is 0.434 e. The molecule has 0 N–H and O–H groups in total. The summed E-state index contributed by atoms with van der Waals surface area (Å²) < 4.78 is 66.6. The maximum absolute atomic E-state index is 12.9. The lowest BCUT2D eigenvalue weighted by Crippen LogP contribution is -2.16. The van der Waals surface area contributed by atoms with E-state index in [-0.39, 0.29) is 5.33 Å². The van der Waals surface area contributed by atoms with E-state index in [1.165, 1.54) is 0 Å². The van der Waals surface area contributed by atoms with Crippen LogP contribution in [0.1, 0.15) is 11.1 Å². The van der Waals surface area contributed by atoms with Gasteiger partial charge in [-0.2, -0.15) is 22.0 Å². The third-order valence-corrected chi connectivity index (χ3v) is 2.77. The Morgan fingerprint density at radius 2 is 1.95 bits per heavy atom. The number of hydrogen-bond acceptors (Lipinski definition) is 2. The minimum atomic E-state index is -4.88. The van der Waals surface area contributed by atoms with Crippen molar-refractivity contribution in [3.63, 3.8) is 0 Å². The number of halogens is 6. The molecule has 1 aromatic rings. The van der Waals surface area contributed by atoms with E-state index in [0.717, 1.165) is 18.2 Å². The summed E-state index contributed by atoms with van der Waals surface area (Å²) in [6.07, 6.45) is -5.39. The Hall–Kier alpha value is -1.18. The van der Waals surface area contributed by atoms with Crippen LogP contribution in [-0.2, 0) is 17.4 Å². The molecule has 106 valence electrons. The molecule has 0 saturated heterocycles. The fourth-order valence-corrected chi connectivity index (χ4v) is 1.70. The van der Waals surface area contributed by atoms with E-state index in [2.05, 4.69) is 20.7 Å². The Bertz CT molecular complexity index is 459. The van der Waals surface area contributed by atoms with Gasteiger partial charge in [-0.25, -0.2) is 0 Å². The summed E-state index contributed by atoms with van der Waals surface area (Å²) in [6, 6.07) is 2.97. The highest BCUT2D eigenvalue weighted by Gasteiger charge is 2.38. The zero-order chi connectivity index (χ0) is 14.6. The first-order chi connectivity index (χ1) is 8.75. The Morgan fingerprint density at radius 3 is 2.42 bits per heavy atom. The number of rotatable bonds is 5. The molecule has 0 unspecified atom stereocenters. The second-order valence-electron chi connectivity index (χ2n) is 3.52. The van der Waals surface area contributed by atoms with Crippen molar-refractivity contribution >= 4 is 21.7 Å². The third kappa shape index (κ3) is 4.45. The smallest absolute Gasteiger partial charge is 0.420 e. The fourth-order valence-electron chi connectivity index (χ4n) is 1.50. The van der Waals surface area contributed by atoms with Gasteiger partial charge < -0.3 is 4.74 Å². The fraction of sp³-hybridized carbons (Fsp3) is 0.364. The van der Waals surface area contributed by atoms with Crippen molar-refractivity contribution in [3.05, 3.63) is 29.3 Å². The van der Waals surface area contributed by atoms with E-state index in [9.17, 15) is 26.7 Å². The van der Waals surface area contributed by atoms with Gasteiger partial charge >= 0.3 is 12.8 Å². The quantitative estimate of drug-likeness (QED) is 0.598. The highest BCUT2D eigenvalue weighted by molar-refractivity contribution is 9.09. The van der Waals surface area contributed by atoms with Crippen LogP contribution in [0.2, 0.25) is 0 Å². The molecule has 0 aliphatic carbocycles. The lowest BCUT2D eigenvalue weighted by Gasteiger charge is -2.17. The van der Waals surface area contributed by atoms with E-state index < -0.39 is 41.9 Å². The summed E-state index contributed by atoms with van der Waals surface area (Å²) in [7, 11) is 0. The number of ether oxygens (including phenoxy) is 1. The van der Waals surface area contributed by atoms with Crippen molar-refractivity contribution in [3.8, 4) is 5.75 Å². The van der Waals surface area contributed by atoms with Crippen molar-refractivity contribution in [1.82, 2.24) is 0 Å². The monoisotopic (exact) mass is 346 g/mol. The summed E-state index contributed by atoms with van der Waals surface area (Å²) in [6.45, 7) is -3.37. The van der Waals surface area contributed by atoms with Crippen LogP contribution in [0.15, 0.2) is 18.2 Å². The molecule has 0 atom stereocenters. The molecule has 1 rings (SSSR count). The van der Waals surface area contributed by atoms with Gasteiger partial charge in [0.05, 0.1) is 5.33 Å². The van der Waals surface area contributed by atoms with Crippen LogP contribution < -0.4 is 4.74 Å². The summed E-state index contributed by atoms with van der Waals surface area (Å²) >= 11 is 2.82. The van der Waals surface area contributed by atoms with E-state index in [1.807, 2.05) is 0 Å². The van der Waals surface area contributed by atoms with Crippen molar-refractivity contribution in [2.24, 2.45) is 0 Å². The summed E-state index contributed by atoms with van der Waals surface area (Å²) in [5, 5.41) is -0.121. The van der Waals surface area contributed by atoms with Crippen LogP contribution in [0, 0.1) is 0 Å². The molecule has 0 aliphatic rings. The first kappa shape index (κ1) is 15.9. The number of benzene rings is 1. The molecule has 0 heterocycles. The molecule has 0 amide bonds. The molecule has 8 heteroatoms. The van der Waals surface area contributed by atoms with Crippen LogP contribution >= 0.6 is 15.9 Å². The first-order valence-corrected chi connectivity index (χ1v) is 6.09. The number of Topliss-reactive ketones (excluding diaryl/α,β-unsaturated/α-hetero) is 1. The van der Waals surface area contributed by atoms with Gasteiger partial charge in [-0.1, -0.05) is 28.1 Å². The molecule has 0 saturated carbocycles. The van der Waals surface area contributed by atoms with Gasteiger partial charge in [0.25, 0.3) is 0 Å². The second kappa shape index (κ2) is 6.31. The minimum absolute atomic E-state index is 0.121. The molecule has 0 aromatic heterocycles. The van der Waals surface area contributed by atoms with Crippen LogP contribution in [-0.4, -0.2) is 17.7 Å². The molecule has 2 nitrogen and oxygen atoms in total. The number of alkyl halides is 6. The standard InChI is InChI=1S/C11H8BrF5O2/c12-5-7(18)4-6-2-1-3-8(19-10(13)14)9(6)11(15,16)17/h1-3,10H,4-5H2. The maximum atomic E-state index is 12.9. The van der Waals surface area contributed by atoms with Crippen LogP contribution in [0.3, 0.4) is 0 Å².